The summed E-state index contributed by atoms with van der Waals surface area (Å²) >= 11 is 0. The lowest BCUT2D eigenvalue weighted by Crippen LogP contribution is -2.44. The van der Waals surface area contributed by atoms with Crippen LogP contribution in [-0.2, 0) is 0 Å². The van der Waals surface area contributed by atoms with Gasteiger partial charge in [0.05, 0.1) is 0 Å². The molecule has 3 heteroatoms. The van der Waals surface area contributed by atoms with Crippen molar-refractivity contribution in [3.8, 4) is 0 Å². The number of hydrogen-bond acceptors (Lipinski definition) is 2. The minimum absolute atomic E-state index is 0.182. The van der Waals surface area contributed by atoms with Gasteiger partial charge >= 0.3 is 0 Å². The third kappa shape index (κ3) is 1.87. The molecule has 0 aliphatic heterocycles. The average Bonchev–Trinajstić information content (AvgIpc) is 2.06. The van der Waals surface area contributed by atoms with Crippen LogP contribution in [0.5, 0.6) is 0 Å². The molecule has 0 unspecified atom stereocenters. The summed E-state index contributed by atoms with van der Waals surface area (Å²) < 4.78 is 12.8. The van der Waals surface area contributed by atoms with Crippen molar-refractivity contribution in [3.05, 3.63) is 29.6 Å². The Hall–Kier alpha value is -1.09. The molecule has 1 aromatic rings. The third-order valence-electron chi connectivity index (χ3n) is 2.72. The number of aryl methyl sites for hydroxylation is 1. The number of hydrogen-bond donors (Lipinski definition) is 2. The second kappa shape index (κ2) is 3.58. The van der Waals surface area contributed by atoms with E-state index < -0.39 is 0 Å². The molecule has 0 amide bonds. The summed E-state index contributed by atoms with van der Waals surface area (Å²) in [7, 11) is 0. The molecule has 1 saturated carbocycles. The van der Waals surface area contributed by atoms with E-state index in [1.807, 2.05) is 6.92 Å². The highest BCUT2D eigenvalue weighted by Crippen LogP contribution is 2.24. The second-order valence-corrected chi connectivity index (χ2v) is 4.03. The molecule has 1 aliphatic rings. The number of halogens is 1. The van der Waals surface area contributed by atoms with Crippen molar-refractivity contribution in [2.75, 3.05) is 5.32 Å². The van der Waals surface area contributed by atoms with Crippen LogP contribution in [0.3, 0.4) is 0 Å². The summed E-state index contributed by atoms with van der Waals surface area (Å²) in [5, 5.41) is 3.36. The molecule has 0 heterocycles. The van der Waals surface area contributed by atoms with Gasteiger partial charge in [0.15, 0.2) is 0 Å². The summed E-state index contributed by atoms with van der Waals surface area (Å²) in [6.07, 6.45) is 2.02. The van der Waals surface area contributed by atoms with Crippen molar-refractivity contribution < 1.29 is 4.39 Å². The van der Waals surface area contributed by atoms with Crippen LogP contribution in [0.4, 0.5) is 10.1 Å². The Bertz CT molecular complexity index is 332. The topological polar surface area (TPSA) is 38.0 Å². The van der Waals surface area contributed by atoms with Gasteiger partial charge < -0.3 is 11.1 Å². The molecule has 2 nitrogen and oxygen atoms in total. The van der Waals surface area contributed by atoms with Crippen LogP contribution in [0.25, 0.3) is 0 Å². The maximum absolute atomic E-state index is 12.8. The van der Waals surface area contributed by atoms with Gasteiger partial charge in [-0.25, -0.2) is 4.39 Å². The van der Waals surface area contributed by atoms with E-state index >= 15 is 0 Å². The Labute approximate surface area is 83.3 Å². The summed E-state index contributed by atoms with van der Waals surface area (Å²) in [5.41, 5.74) is 7.65. The van der Waals surface area contributed by atoms with E-state index in [1.54, 1.807) is 12.1 Å². The van der Waals surface area contributed by atoms with E-state index in [4.69, 9.17) is 5.73 Å². The smallest absolute Gasteiger partial charge is 0.123 e. The SMILES string of the molecule is Cc1cc(F)ccc1NC1CC(N)C1. The lowest BCUT2D eigenvalue weighted by atomic mass is 9.87. The molecule has 76 valence electrons. The predicted octanol–water partition coefficient (Wildman–Crippen LogP) is 2.04. The molecule has 0 spiro atoms. The molecule has 1 aliphatic carbocycles. The minimum atomic E-state index is -0.182. The lowest BCUT2D eigenvalue weighted by Gasteiger charge is -2.34. The van der Waals surface area contributed by atoms with Gasteiger partial charge in [-0.3, -0.25) is 0 Å². The fraction of sp³-hybridized carbons (Fsp3) is 0.455. The van der Waals surface area contributed by atoms with Crippen molar-refractivity contribution in [3.63, 3.8) is 0 Å². The molecule has 1 aromatic carbocycles. The van der Waals surface area contributed by atoms with Gasteiger partial charge in [-0.05, 0) is 43.5 Å². The van der Waals surface area contributed by atoms with Crippen LogP contribution < -0.4 is 11.1 Å². The lowest BCUT2D eigenvalue weighted by molar-refractivity contribution is 0.373. The number of rotatable bonds is 2. The van der Waals surface area contributed by atoms with Gasteiger partial charge in [0.1, 0.15) is 5.82 Å². The number of nitrogens with two attached hydrogens (primary N) is 1. The van der Waals surface area contributed by atoms with E-state index in [-0.39, 0.29) is 5.82 Å². The van der Waals surface area contributed by atoms with Crippen molar-refractivity contribution in [2.45, 2.75) is 31.8 Å². The maximum atomic E-state index is 12.8. The van der Waals surface area contributed by atoms with Crippen molar-refractivity contribution in [1.82, 2.24) is 0 Å². The van der Waals surface area contributed by atoms with E-state index in [0.717, 1.165) is 24.1 Å². The monoisotopic (exact) mass is 194 g/mol. The third-order valence-corrected chi connectivity index (χ3v) is 2.72. The van der Waals surface area contributed by atoms with Crippen molar-refractivity contribution in [2.24, 2.45) is 5.73 Å². The summed E-state index contributed by atoms with van der Waals surface area (Å²) in [6, 6.07) is 5.62. The molecular formula is C11H15FN2. The van der Waals surface area contributed by atoms with Gasteiger partial charge in [-0.2, -0.15) is 0 Å². The maximum Gasteiger partial charge on any atom is 0.123 e. The van der Waals surface area contributed by atoms with Gasteiger partial charge in [-0.15, -0.1) is 0 Å². The first-order chi connectivity index (χ1) is 6.65. The van der Waals surface area contributed by atoms with Crippen LogP contribution in [0, 0.1) is 12.7 Å². The molecule has 0 aromatic heterocycles. The molecule has 0 radical (unpaired) electrons. The highest BCUT2D eigenvalue weighted by atomic mass is 19.1. The fourth-order valence-corrected chi connectivity index (χ4v) is 1.79. The summed E-state index contributed by atoms with van der Waals surface area (Å²) in [5.74, 6) is -0.182. The fourth-order valence-electron chi connectivity index (χ4n) is 1.79. The number of benzene rings is 1. The normalized spacial score (nSPS) is 25.6. The Balaban J connectivity index is 2.02. The Kier molecular flexibility index (Phi) is 2.42. The molecule has 0 saturated heterocycles. The molecule has 3 N–H and O–H groups in total. The molecular weight excluding hydrogens is 179 g/mol. The Morgan fingerprint density at radius 1 is 1.43 bits per heavy atom. The highest BCUT2D eigenvalue weighted by molar-refractivity contribution is 5.51. The zero-order chi connectivity index (χ0) is 10.1. The summed E-state index contributed by atoms with van der Waals surface area (Å²) in [6.45, 7) is 1.91. The second-order valence-electron chi connectivity index (χ2n) is 4.03. The Morgan fingerprint density at radius 2 is 2.14 bits per heavy atom. The molecule has 14 heavy (non-hydrogen) atoms. The molecule has 0 bridgehead atoms. The van der Waals surface area contributed by atoms with E-state index in [2.05, 4.69) is 5.32 Å². The first-order valence-electron chi connectivity index (χ1n) is 4.93. The minimum Gasteiger partial charge on any atom is -0.382 e. The quantitative estimate of drug-likeness (QED) is 0.756. The number of nitrogens with one attached hydrogen (secondary N) is 1. The van der Waals surface area contributed by atoms with Crippen LogP contribution in [0.2, 0.25) is 0 Å². The van der Waals surface area contributed by atoms with E-state index in [9.17, 15) is 4.39 Å². The zero-order valence-electron chi connectivity index (χ0n) is 8.26. The first kappa shape index (κ1) is 9.46. The molecule has 0 atom stereocenters. The van der Waals surface area contributed by atoms with Gasteiger partial charge in [-0.1, -0.05) is 0 Å². The van der Waals surface area contributed by atoms with E-state index in [0.29, 0.717) is 12.1 Å². The number of anilines is 1. The van der Waals surface area contributed by atoms with Gasteiger partial charge in [0, 0.05) is 17.8 Å². The van der Waals surface area contributed by atoms with Crippen molar-refractivity contribution in [1.29, 1.82) is 0 Å². The van der Waals surface area contributed by atoms with Crippen LogP contribution in [0.1, 0.15) is 18.4 Å². The Morgan fingerprint density at radius 3 is 2.71 bits per heavy atom. The zero-order valence-corrected chi connectivity index (χ0v) is 8.26. The van der Waals surface area contributed by atoms with Gasteiger partial charge in [0.25, 0.3) is 0 Å². The average molecular weight is 194 g/mol. The van der Waals surface area contributed by atoms with Crippen LogP contribution >= 0.6 is 0 Å². The van der Waals surface area contributed by atoms with Crippen LogP contribution in [0.15, 0.2) is 18.2 Å². The predicted molar refractivity (Wildman–Crippen MR) is 55.8 cm³/mol. The van der Waals surface area contributed by atoms with Gasteiger partial charge in [0.2, 0.25) is 0 Å². The highest BCUT2D eigenvalue weighted by Gasteiger charge is 2.25. The largest absolute Gasteiger partial charge is 0.382 e. The molecule has 2 rings (SSSR count). The van der Waals surface area contributed by atoms with E-state index in [1.165, 1.54) is 6.07 Å². The standard InChI is InChI=1S/C11H15FN2/c1-7-4-8(12)2-3-11(7)14-10-5-9(13)6-10/h2-4,9-10,14H,5-6,13H2,1H3. The summed E-state index contributed by atoms with van der Waals surface area (Å²) in [4.78, 5) is 0. The van der Waals surface area contributed by atoms with Crippen LogP contribution in [-0.4, -0.2) is 12.1 Å². The van der Waals surface area contributed by atoms with Crippen molar-refractivity contribution >= 4 is 5.69 Å². The first-order valence-corrected chi connectivity index (χ1v) is 4.93. The molecule has 1 fully saturated rings.